The molecule has 6 nitrogen and oxygen atoms in total. The van der Waals surface area contributed by atoms with E-state index < -0.39 is 11.7 Å². The van der Waals surface area contributed by atoms with Crippen LogP contribution in [0.25, 0.3) is 0 Å². The summed E-state index contributed by atoms with van der Waals surface area (Å²) in [5.41, 5.74) is 1.95. The van der Waals surface area contributed by atoms with Gasteiger partial charge < -0.3 is 10.1 Å². The number of carbonyl (C=O) groups excluding carboxylic acids is 1. The fraction of sp³-hybridized carbons (Fsp3) is 0.452. The molecule has 1 saturated heterocycles. The number of likely N-dealkylation sites (tertiary alicyclic amines) is 1. The maximum absolute atomic E-state index is 13.0. The highest BCUT2D eigenvalue weighted by atomic mass is 19.4. The lowest BCUT2D eigenvalue weighted by Crippen LogP contribution is -2.37. The average Bonchev–Trinajstić information content (AvgIpc) is 3.55. The zero-order valence-corrected chi connectivity index (χ0v) is 22.2. The lowest BCUT2D eigenvalue weighted by molar-refractivity contribution is -0.137. The van der Waals surface area contributed by atoms with Gasteiger partial charge in [-0.15, -0.1) is 0 Å². The molecule has 2 aliphatic carbocycles. The topological polar surface area (TPSA) is 67.4 Å². The van der Waals surface area contributed by atoms with Gasteiger partial charge in [0.2, 0.25) is 0 Å². The number of carbonyl (C=O) groups is 1. The van der Waals surface area contributed by atoms with E-state index in [-0.39, 0.29) is 23.5 Å². The largest absolute Gasteiger partial charge is 0.489 e. The van der Waals surface area contributed by atoms with Crippen molar-refractivity contribution in [2.75, 3.05) is 13.1 Å². The second-order valence-electron chi connectivity index (χ2n) is 11.4. The molecule has 1 amide bonds. The molecule has 0 radical (unpaired) electrons. The number of halogens is 3. The van der Waals surface area contributed by atoms with Crippen molar-refractivity contribution in [2.45, 2.75) is 68.8 Å². The van der Waals surface area contributed by atoms with E-state index in [1.165, 1.54) is 17.7 Å². The van der Waals surface area contributed by atoms with Crippen LogP contribution in [0.1, 0.15) is 65.7 Å². The van der Waals surface area contributed by atoms with Crippen LogP contribution in [0.4, 0.5) is 13.2 Å². The number of benzene rings is 1. The number of alkyl halides is 3. The second kappa shape index (κ2) is 10.8. The zero-order valence-electron chi connectivity index (χ0n) is 22.2. The molecule has 3 aromatic rings. The Balaban J connectivity index is 0.991. The predicted octanol–water partition coefficient (Wildman–Crippen LogP) is 5.78. The van der Waals surface area contributed by atoms with E-state index in [1.54, 1.807) is 42.9 Å². The summed E-state index contributed by atoms with van der Waals surface area (Å²) in [4.78, 5) is 23.5. The number of fused-ring (bicyclic) bond motifs is 1. The highest BCUT2D eigenvalue weighted by molar-refractivity contribution is 5.92. The molecule has 6 rings (SSSR count). The number of nitrogens with zero attached hydrogens (tertiary/aromatic N) is 3. The number of hydrogen-bond donors (Lipinski definition) is 1. The van der Waals surface area contributed by atoms with Gasteiger partial charge in [-0.05, 0) is 97.4 Å². The Labute approximate surface area is 232 Å². The van der Waals surface area contributed by atoms with Gasteiger partial charge >= 0.3 is 6.18 Å². The van der Waals surface area contributed by atoms with E-state index in [4.69, 9.17) is 4.74 Å². The molecule has 2 saturated carbocycles. The van der Waals surface area contributed by atoms with Crippen LogP contribution in [0.15, 0.2) is 67.1 Å². The van der Waals surface area contributed by atoms with Gasteiger partial charge in [0.05, 0.1) is 17.9 Å². The first-order valence-corrected chi connectivity index (χ1v) is 14.0. The van der Waals surface area contributed by atoms with Crippen LogP contribution in [-0.2, 0) is 18.1 Å². The third kappa shape index (κ3) is 5.84. The van der Waals surface area contributed by atoms with Crippen molar-refractivity contribution in [1.29, 1.82) is 0 Å². The number of rotatable bonds is 7. The fourth-order valence-electron chi connectivity index (χ4n) is 6.50. The number of ether oxygens (including phenoxy) is 1. The van der Waals surface area contributed by atoms with Crippen molar-refractivity contribution >= 4 is 5.91 Å². The van der Waals surface area contributed by atoms with Gasteiger partial charge in [-0.3, -0.25) is 14.7 Å². The Kier molecular flexibility index (Phi) is 7.25. The molecule has 40 heavy (non-hydrogen) atoms. The normalized spacial score (nSPS) is 26.5. The molecule has 3 fully saturated rings. The number of aromatic nitrogens is 2. The highest BCUT2D eigenvalue weighted by Crippen LogP contribution is 2.61. The van der Waals surface area contributed by atoms with Gasteiger partial charge in [0, 0.05) is 38.1 Å². The number of nitrogens with one attached hydrogen (secondary N) is 1. The molecule has 4 atom stereocenters. The van der Waals surface area contributed by atoms with E-state index in [9.17, 15) is 18.0 Å². The summed E-state index contributed by atoms with van der Waals surface area (Å²) in [7, 11) is 0. The molecule has 3 aliphatic rings. The Bertz CT molecular complexity index is 1320. The molecule has 2 aromatic heterocycles. The molecule has 0 bridgehead atoms. The molecule has 1 aliphatic heterocycles. The minimum Gasteiger partial charge on any atom is -0.489 e. The third-order valence-corrected chi connectivity index (χ3v) is 8.80. The van der Waals surface area contributed by atoms with Gasteiger partial charge in [0.25, 0.3) is 5.91 Å². The van der Waals surface area contributed by atoms with Crippen LogP contribution in [0, 0.1) is 5.92 Å². The first kappa shape index (κ1) is 26.7. The minimum atomic E-state index is -4.32. The zero-order chi connectivity index (χ0) is 27.7. The second-order valence-corrected chi connectivity index (χ2v) is 11.4. The van der Waals surface area contributed by atoms with E-state index in [2.05, 4.69) is 20.2 Å². The van der Waals surface area contributed by atoms with Crippen molar-refractivity contribution < 1.29 is 22.7 Å². The molecule has 0 spiro atoms. The third-order valence-electron chi connectivity index (χ3n) is 8.80. The number of amides is 1. The summed E-state index contributed by atoms with van der Waals surface area (Å²) in [5, 5.41) is 3.10. The molecule has 1 aromatic carbocycles. The van der Waals surface area contributed by atoms with E-state index in [1.807, 2.05) is 12.1 Å². The van der Waals surface area contributed by atoms with Crippen LogP contribution in [0.2, 0.25) is 0 Å². The van der Waals surface area contributed by atoms with Crippen molar-refractivity contribution in [2.24, 2.45) is 5.92 Å². The standard InChI is InChI=1S/C31H33F3N4O2/c32-31(33,34)23-3-1-22(2-4-23)30-13-9-26(6-5-24(30)17-30)40-27-7-8-28(36-18-27)29(39)37-25-12-16-38(20-25)19-21-10-14-35-15-11-21/h1-4,7-8,10-11,14-15,18,24-26H,5-6,9,12-13,16-17,19-20H2,(H,37,39)/t24?,25-,26?,30?/m0/s1. The maximum atomic E-state index is 13.0. The SMILES string of the molecule is O=C(N[C@H]1CCN(Cc2ccncc2)C1)c1ccc(OC2CCC3CC3(c3ccc(C(F)(F)F)cc3)CC2)cn1. The molecule has 9 heteroatoms. The predicted molar refractivity (Wildman–Crippen MR) is 144 cm³/mol. The van der Waals surface area contributed by atoms with Crippen molar-refractivity contribution in [3.8, 4) is 5.75 Å². The van der Waals surface area contributed by atoms with Crippen molar-refractivity contribution in [3.05, 3.63) is 89.5 Å². The van der Waals surface area contributed by atoms with Crippen LogP contribution in [0.3, 0.4) is 0 Å². The van der Waals surface area contributed by atoms with Crippen molar-refractivity contribution in [3.63, 3.8) is 0 Å². The first-order chi connectivity index (χ1) is 19.3. The van der Waals surface area contributed by atoms with Gasteiger partial charge in [0.1, 0.15) is 11.4 Å². The summed E-state index contributed by atoms with van der Waals surface area (Å²) in [6.45, 7) is 2.56. The molecule has 210 valence electrons. The van der Waals surface area contributed by atoms with E-state index in [0.717, 1.165) is 63.7 Å². The van der Waals surface area contributed by atoms with Crippen LogP contribution in [0.5, 0.6) is 5.75 Å². The quantitative estimate of drug-likeness (QED) is 0.404. The summed E-state index contributed by atoms with van der Waals surface area (Å²) in [6, 6.07) is 13.3. The Morgan fingerprint density at radius 1 is 1.02 bits per heavy atom. The fourth-order valence-corrected chi connectivity index (χ4v) is 6.50. The van der Waals surface area contributed by atoms with Gasteiger partial charge in [-0.25, -0.2) is 4.98 Å². The molecule has 3 heterocycles. The summed E-state index contributed by atoms with van der Waals surface area (Å²) >= 11 is 0. The summed E-state index contributed by atoms with van der Waals surface area (Å²) < 4.78 is 45.2. The van der Waals surface area contributed by atoms with E-state index >= 15 is 0 Å². The molecular formula is C31H33F3N4O2. The van der Waals surface area contributed by atoms with Crippen LogP contribution >= 0.6 is 0 Å². The van der Waals surface area contributed by atoms with Crippen molar-refractivity contribution in [1.82, 2.24) is 20.2 Å². The average molecular weight is 551 g/mol. The molecule has 1 N–H and O–H groups in total. The monoisotopic (exact) mass is 550 g/mol. The Hall–Kier alpha value is -3.46. The van der Waals surface area contributed by atoms with E-state index in [0.29, 0.717) is 17.4 Å². The molecular weight excluding hydrogens is 517 g/mol. The summed E-state index contributed by atoms with van der Waals surface area (Å²) in [5.74, 6) is 0.929. The number of hydrogen-bond acceptors (Lipinski definition) is 5. The lowest BCUT2D eigenvalue weighted by atomic mass is 9.88. The van der Waals surface area contributed by atoms with Gasteiger partial charge in [0.15, 0.2) is 0 Å². The first-order valence-electron chi connectivity index (χ1n) is 14.0. The van der Waals surface area contributed by atoms with Crippen LogP contribution in [-0.4, -0.2) is 46.0 Å². The van der Waals surface area contributed by atoms with Crippen LogP contribution < -0.4 is 10.1 Å². The van der Waals surface area contributed by atoms with Gasteiger partial charge in [-0.1, -0.05) is 12.1 Å². The smallest absolute Gasteiger partial charge is 0.416 e. The maximum Gasteiger partial charge on any atom is 0.416 e. The lowest BCUT2D eigenvalue weighted by Gasteiger charge is -2.20. The van der Waals surface area contributed by atoms with Gasteiger partial charge in [-0.2, -0.15) is 13.2 Å². The highest BCUT2D eigenvalue weighted by Gasteiger charge is 2.55. The molecule has 3 unspecified atom stereocenters. The number of pyridine rings is 2. The minimum absolute atomic E-state index is 0.0190. The summed E-state index contributed by atoms with van der Waals surface area (Å²) in [6.07, 6.45) is 6.42. The Morgan fingerprint density at radius 2 is 1.82 bits per heavy atom. The Morgan fingerprint density at radius 3 is 2.55 bits per heavy atom.